The minimum atomic E-state index is 0.637. The van der Waals surface area contributed by atoms with Crippen LogP contribution in [0.2, 0.25) is 0 Å². The van der Waals surface area contributed by atoms with E-state index in [4.69, 9.17) is 9.47 Å². The Bertz CT molecular complexity index is 794. The topological polar surface area (TPSA) is 49.2 Å². The number of benzene rings is 2. The summed E-state index contributed by atoms with van der Waals surface area (Å²) in [5, 5.41) is 8.47. The molecule has 1 aromatic heterocycles. The van der Waals surface area contributed by atoms with Crippen LogP contribution in [0, 0.1) is 13.8 Å². The van der Waals surface area contributed by atoms with E-state index in [1.165, 1.54) is 11.1 Å². The molecule has 0 saturated carbocycles. The van der Waals surface area contributed by atoms with Gasteiger partial charge >= 0.3 is 0 Å². The van der Waals surface area contributed by atoms with Crippen molar-refractivity contribution in [2.24, 2.45) is 0 Å². The smallest absolute Gasteiger partial charge is 0.119 e. The van der Waals surface area contributed by atoms with Crippen molar-refractivity contribution in [3.05, 3.63) is 47.5 Å². The first kappa shape index (κ1) is 15.3. The van der Waals surface area contributed by atoms with Crippen LogP contribution in [0.25, 0.3) is 11.0 Å². The number of aryl methyl sites for hydroxylation is 3. The van der Waals surface area contributed by atoms with Gasteiger partial charge in [-0.05, 0) is 61.4 Å². The molecule has 0 aliphatic carbocycles. The van der Waals surface area contributed by atoms with E-state index in [-0.39, 0.29) is 0 Å². The van der Waals surface area contributed by atoms with Crippen LogP contribution in [0.15, 0.2) is 36.4 Å². The van der Waals surface area contributed by atoms with E-state index >= 15 is 0 Å². The number of hydrogen-bond acceptors (Lipinski definition) is 4. The maximum Gasteiger partial charge on any atom is 0.119 e. The standard InChI is InChI=1S/C18H21N3O2/c1-13-11-17-18(12-14(13)2)21(20-19-17)9-4-10-23-16-7-5-15(22-3)6-8-16/h5-8,11-12H,4,9-10H2,1-3H3. The largest absolute Gasteiger partial charge is 0.497 e. The Morgan fingerprint density at radius 3 is 2.43 bits per heavy atom. The van der Waals surface area contributed by atoms with Crippen molar-refractivity contribution < 1.29 is 9.47 Å². The van der Waals surface area contributed by atoms with Gasteiger partial charge in [-0.1, -0.05) is 5.21 Å². The fraction of sp³-hybridized carbons (Fsp3) is 0.333. The SMILES string of the molecule is COc1ccc(OCCCn2nnc3cc(C)c(C)cc32)cc1. The highest BCUT2D eigenvalue weighted by molar-refractivity contribution is 5.76. The Balaban J connectivity index is 1.57. The third-order valence-corrected chi connectivity index (χ3v) is 3.97. The first-order valence-corrected chi connectivity index (χ1v) is 7.74. The second kappa shape index (κ2) is 6.69. The van der Waals surface area contributed by atoms with Crippen LogP contribution in [0.1, 0.15) is 17.5 Å². The second-order valence-electron chi connectivity index (χ2n) is 5.62. The average Bonchev–Trinajstić information content (AvgIpc) is 2.94. The summed E-state index contributed by atoms with van der Waals surface area (Å²) in [6.45, 7) is 5.63. The lowest BCUT2D eigenvalue weighted by atomic mass is 10.1. The fourth-order valence-electron chi connectivity index (χ4n) is 2.46. The van der Waals surface area contributed by atoms with Crippen molar-refractivity contribution in [2.75, 3.05) is 13.7 Å². The summed E-state index contributed by atoms with van der Waals surface area (Å²) in [5.74, 6) is 1.68. The first-order chi connectivity index (χ1) is 11.2. The number of fused-ring (bicyclic) bond motifs is 1. The molecule has 0 N–H and O–H groups in total. The zero-order valence-corrected chi connectivity index (χ0v) is 13.7. The van der Waals surface area contributed by atoms with Gasteiger partial charge in [-0.25, -0.2) is 4.68 Å². The lowest BCUT2D eigenvalue weighted by Gasteiger charge is -2.07. The molecule has 0 bridgehead atoms. The predicted molar refractivity (Wildman–Crippen MR) is 90.1 cm³/mol. The van der Waals surface area contributed by atoms with Gasteiger partial charge in [0.2, 0.25) is 0 Å². The van der Waals surface area contributed by atoms with Gasteiger partial charge in [-0.2, -0.15) is 0 Å². The molecule has 0 aliphatic rings. The highest BCUT2D eigenvalue weighted by atomic mass is 16.5. The van der Waals surface area contributed by atoms with Gasteiger partial charge in [0, 0.05) is 13.0 Å². The van der Waals surface area contributed by atoms with Gasteiger partial charge in [0.15, 0.2) is 0 Å². The van der Waals surface area contributed by atoms with Gasteiger partial charge in [-0.3, -0.25) is 0 Å². The molecule has 23 heavy (non-hydrogen) atoms. The van der Waals surface area contributed by atoms with E-state index in [0.717, 1.165) is 35.5 Å². The molecular weight excluding hydrogens is 290 g/mol. The average molecular weight is 311 g/mol. The van der Waals surface area contributed by atoms with Gasteiger partial charge in [0.25, 0.3) is 0 Å². The molecule has 0 amide bonds. The Labute approximate surface area is 135 Å². The second-order valence-corrected chi connectivity index (χ2v) is 5.62. The molecule has 0 aliphatic heterocycles. The van der Waals surface area contributed by atoms with Crippen LogP contribution < -0.4 is 9.47 Å². The lowest BCUT2D eigenvalue weighted by molar-refractivity contribution is 0.298. The normalized spacial score (nSPS) is 10.9. The highest BCUT2D eigenvalue weighted by Crippen LogP contribution is 2.18. The molecule has 0 unspecified atom stereocenters. The van der Waals surface area contributed by atoms with Crippen LogP contribution >= 0.6 is 0 Å². The molecule has 0 fully saturated rings. The van der Waals surface area contributed by atoms with Crippen molar-refractivity contribution in [3.63, 3.8) is 0 Å². The van der Waals surface area contributed by atoms with E-state index in [0.29, 0.717) is 6.61 Å². The monoisotopic (exact) mass is 311 g/mol. The summed E-state index contributed by atoms with van der Waals surface area (Å²) >= 11 is 0. The van der Waals surface area contributed by atoms with Gasteiger partial charge < -0.3 is 9.47 Å². The molecule has 1 heterocycles. The number of hydrogen-bond donors (Lipinski definition) is 0. The molecule has 5 nitrogen and oxygen atoms in total. The number of ether oxygens (including phenoxy) is 2. The Kier molecular flexibility index (Phi) is 4.46. The van der Waals surface area contributed by atoms with Crippen LogP contribution in [-0.2, 0) is 6.54 Å². The first-order valence-electron chi connectivity index (χ1n) is 7.74. The third-order valence-electron chi connectivity index (χ3n) is 3.97. The summed E-state index contributed by atoms with van der Waals surface area (Å²) < 4.78 is 12.8. The van der Waals surface area contributed by atoms with Crippen molar-refractivity contribution in [3.8, 4) is 11.5 Å². The summed E-state index contributed by atoms with van der Waals surface area (Å²) in [6, 6.07) is 11.8. The van der Waals surface area contributed by atoms with Crippen LogP contribution in [0.5, 0.6) is 11.5 Å². The number of rotatable bonds is 6. The molecule has 120 valence electrons. The summed E-state index contributed by atoms with van der Waals surface area (Å²) in [4.78, 5) is 0. The van der Waals surface area contributed by atoms with Crippen molar-refractivity contribution in [1.29, 1.82) is 0 Å². The van der Waals surface area contributed by atoms with E-state index in [1.807, 2.05) is 28.9 Å². The lowest BCUT2D eigenvalue weighted by Crippen LogP contribution is -2.06. The van der Waals surface area contributed by atoms with E-state index in [9.17, 15) is 0 Å². The summed E-state index contributed by atoms with van der Waals surface area (Å²) in [6.07, 6.45) is 0.872. The Hall–Kier alpha value is -2.56. The quantitative estimate of drug-likeness (QED) is 0.654. The van der Waals surface area contributed by atoms with Crippen molar-refractivity contribution >= 4 is 11.0 Å². The fourth-order valence-corrected chi connectivity index (χ4v) is 2.46. The van der Waals surface area contributed by atoms with E-state index in [1.54, 1.807) is 7.11 Å². The van der Waals surface area contributed by atoms with Crippen molar-refractivity contribution in [2.45, 2.75) is 26.8 Å². The van der Waals surface area contributed by atoms with Crippen LogP contribution in [0.3, 0.4) is 0 Å². The minimum absolute atomic E-state index is 0.637. The molecule has 0 radical (unpaired) electrons. The van der Waals surface area contributed by atoms with Gasteiger partial charge in [0.05, 0.1) is 19.2 Å². The Morgan fingerprint density at radius 1 is 1.00 bits per heavy atom. The molecule has 0 saturated heterocycles. The molecule has 0 atom stereocenters. The van der Waals surface area contributed by atoms with Gasteiger partial charge in [0.1, 0.15) is 17.0 Å². The predicted octanol–water partition coefficient (Wildman–Crippen LogP) is 3.53. The summed E-state index contributed by atoms with van der Waals surface area (Å²) in [5.41, 5.74) is 4.53. The molecular formula is C18H21N3O2. The molecule has 0 spiro atoms. The number of methoxy groups -OCH3 is 1. The van der Waals surface area contributed by atoms with Gasteiger partial charge in [-0.15, -0.1) is 5.10 Å². The molecule has 2 aromatic carbocycles. The maximum absolute atomic E-state index is 5.74. The Morgan fingerprint density at radius 2 is 1.70 bits per heavy atom. The summed E-state index contributed by atoms with van der Waals surface area (Å²) in [7, 11) is 1.65. The number of nitrogens with zero attached hydrogens (tertiary/aromatic N) is 3. The molecule has 3 aromatic rings. The number of aromatic nitrogens is 3. The zero-order chi connectivity index (χ0) is 16.2. The van der Waals surface area contributed by atoms with Crippen molar-refractivity contribution in [1.82, 2.24) is 15.0 Å². The molecule has 5 heteroatoms. The zero-order valence-electron chi connectivity index (χ0n) is 13.7. The maximum atomic E-state index is 5.74. The minimum Gasteiger partial charge on any atom is -0.497 e. The molecule has 3 rings (SSSR count). The van der Waals surface area contributed by atoms with E-state index < -0.39 is 0 Å². The van der Waals surface area contributed by atoms with E-state index in [2.05, 4.69) is 36.3 Å². The highest BCUT2D eigenvalue weighted by Gasteiger charge is 2.06. The van der Waals surface area contributed by atoms with Crippen LogP contribution in [0.4, 0.5) is 0 Å². The third kappa shape index (κ3) is 3.44. The van der Waals surface area contributed by atoms with Crippen LogP contribution in [-0.4, -0.2) is 28.7 Å².